The minimum absolute atomic E-state index is 0.207. The Morgan fingerprint density at radius 1 is 1.43 bits per heavy atom. The molecule has 5 heteroatoms. The van der Waals surface area contributed by atoms with E-state index in [4.69, 9.17) is 10.5 Å². The average molecular weight is 296 g/mol. The zero-order valence-corrected chi connectivity index (χ0v) is 13.4. The monoisotopic (exact) mass is 296 g/mol. The molecule has 0 aliphatic rings. The number of carbonyl (C=O) groups is 1. The first-order valence-electron chi connectivity index (χ1n) is 7.20. The summed E-state index contributed by atoms with van der Waals surface area (Å²) in [6.07, 6.45) is 0.131. The number of nitrogens with two attached hydrogens (primary N) is 1. The third kappa shape index (κ3) is 5.01. The van der Waals surface area contributed by atoms with Gasteiger partial charge < -0.3 is 15.8 Å². The largest absolute Gasteiger partial charge is 0.481 e. The lowest BCUT2D eigenvalue weighted by Gasteiger charge is -2.27. The van der Waals surface area contributed by atoms with Crippen molar-refractivity contribution in [1.29, 1.82) is 0 Å². The first-order chi connectivity index (χ1) is 9.66. The van der Waals surface area contributed by atoms with Gasteiger partial charge in [0.25, 0.3) is 5.91 Å². The van der Waals surface area contributed by atoms with Gasteiger partial charge in [-0.15, -0.1) is 0 Å². The molecule has 0 aliphatic carbocycles. The quantitative estimate of drug-likeness (QED) is 0.848. The first-order valence-corrected chi connectivity index (χ1v) is 7.20. The summed E-state index contributed by atoms with van der Waals surface area (Å²) in [5.74, 6) is -0.149. The van der Waals surface area contributed by atoms with Gasteiger partial charge >= 0.3 is 0 Å². The van der Waals surface area contributed by atoms with Crippen molar-refractivity contribution in [2.75, 3.05) is 0 Å². The molecule has 0 saturated carbocycles. The summed E-state index contributed by atoms with van der Waals surface area (Å²) >= 11 is 0. The average Bonchev–Trinajstić information content (AvgIpc) is 2.40. The van der Waals surface area contributed by atoms with Crippen LogP contribution in [0.3, 0.4) is 0 Å². The maximum atomic E-state index is 13.3. The van der Waals surface area contributed by atoms with E-state index in [1.165, 1.54) is 18.2 Å². The Kier molecular flexibility index (Phi) is 5.72. The van der Waals surface area contributed by atoms with E-state index >= 15 is 0 Å². The van der Waals surface area contributed by atoms with E-state index in [9.17, 15) is 9.18 Å². The Balaban J connectivity index is 2.84. The van der Waals surface area contributed by atoms with Crippen molar-refractivity contribution < 1.29 is 13.9 Å². The Labute approximate surface area is 125 Å². The van der Waals surface area contributed by atoms with Crippen LogP contribution in [0.2, 0.25) is 0 Å². The van der Waals surface area contributed by atoms with Gasteiger partial charge in [0.05, 0.1) is 0 Å². The molecule has 2 atom stereocenters. The van der Waals surface area contributed by atoms with Gasteiger partial charge in [-0.05, 0) is 52.3 Å². The lowest BCUT2D eigenvalue weighted by molar-refractivity contribution is -0.129. The maximum Gasteiger partial charge on any atom is 0.261 e. The molecule has 1 rings (SSSR count). The minimum Gasteiger partial charge on any atom is -0.481 e. The van der Waals surface area contributed by atoms with Crippen molar-refractivity contribution in [1.82, 2.24) is 5.32 Å². The van der Waals surface area contributed by atoms with Crippen LogP contribution in [0.5, 0.6) is 5.75 Å². The molecule has 0 aromatic heterocycles. The SMILES string of the molecule is CCC(C)(C)NC(=O)C(C)Oc1ccc(F)cc1[C@@H](C)N. The van der Waals surface area contributed by atoms with E-state index in [1.807, 2.05) is 20.8 Å². The second-order valence-corrected chi connectivity index (χ2v) is 5.96. The summed E-state index contributed by atoms with van der Waals surface area (Å²) in [6, 6.07) is 3.75. The highest BCUT2D eigenvalue weighted by Crippen LogP contribution is 2.25. The molecule has 1 amide bonds. The highest BCUT2D eigenvalue weighted by molar-refractivity contribution is 5.81. The van der Waals surface area contributed by atoms with Gasteiger partial charge in [0.1, 0.15) is 11.6 Å². The zero-order chi connectivity index (χ0) is 16.2. The fourth-order valence-electron chi connectivity index (χ4n) is 1.75. The van der Waals surface area contributed by atoms with Crippen LogP contribution in [0, 0.1) is 5.82 Å². The zero-order valence-electron chi connectivity index (χ0n) is 13.4. The van der Waals surface area contributed by atoms with Gasteiger partial charge in [0, 0.05) is 17.1 Å². The second kappa shape index (κ2) is 6.89. The Hall–Kier alpha value is -1.62. The lowest BCUT2D eigenvalue weighted by atomic mass is 10.0. The maximum absolute atomic E-state index is 13.3. The Morgan fingerprint density at radius 2 is 2.05 bits per heavy atom. The molecule has 0 aliphatic heterocycles. The summed E-state index contributed by atoms with van der Waals surface area (Å²) in [5, 5.41) is 2.92. The van der Waals surface area contributed by atoms with E-state index in [0.717, 1.165) is 6.42 Å². The predicted octanol–water partition coefficient (Wildman–Crippen LogP) is 2.92. The summed E-state index contributed by atoms with van der Waals surface area (Å²) < 4.78 is 18.9. The fourth-order valence-corrected chi connectivity index (χ4v) is 1.75. The van der Waals surface area contributed by atoms with Gasteiger partial charge in [0.2, 0.25) is 0 Å². The molecule has 0 heterocycles. The predicted molar refractivity (Wildman–Crippen MR) is 81.6 cm³/mol. The van der Waals surface area contributed by atoms with Crippen molar-refractivity contribution in [2.45, 2.75) is 58.7 Å². The van der Waals surface area contributed by atoms with Crippen LogP contribution < -0.4 is 15.8 Å². The molecule has 3 N–H and O–H groups in total. The van der Waals surface area contributed by atoms with Crippen LogP contribution in [-0.4, -0.2) is 17.6 Å². The lowest BCUT2D eigenvalue weighted by Crippen LogP contribution is -2.48. The van der Waals surface area contributed by atoms with Gasteiger partial charge in [0.15, 0.2) is 6.10 Å². The molecule has 4 nitrogen and oxygen atoms in total. The summed E-state index contributed by atoms with van der Waals surface area (Å²) in [6.45, 7) is 9.30. The van der Waals surface area contributed by atoms with E-state index in [2.05, 4.69) is 5.32 Å². The summed E-state index contributed by atoms with van der Waals surface area (Å²) in [7, 11) is 0. The molecule has 0 spiro atoms. The topological polar surface area (TPSA) is 64.3 Å². The number of ether oxygens (including phenoxy) is 1. The van der Waals surface area contributed by atoms with E-state index in [0.29, 0.717) is 11.3 Å². The van der Waals surface area contributed by atoms with Crippen LogP contribution in [0.15, 0.2) is 18.2 Å². The van der Waals surface area contributed by atoms with Crippen LogP contribution >= 0.6 is 0 Å². The Morgan fingerprint density at radius 3 is 2.57 bits per heavy atom. The summed E-state index contributed by atoms with van der Waals surface area (Å²) in [4.78, 5) is 12.1. The third-order valence-corrected chi connectivity index (χ3v) is 3.48. The standard InChI is InChI=1S/C16H25FN2O2/c1-6-16(4,5)19-15(20)11(3)21-14-8-7-12(17)9-13(14)10(2)18/h7-11H,6,18H2,1-5H3,(H,19,20)/t10-,11?/m1/s1. The molecular weight excluding hydrogens is 271 g/mol. The number of halogens is 1. The molecule has 118 valence electrons. The van der Waals surface area contributed by atoms with E-state index < -0.39 is 6.10 Å². The summed E-state index contributed by atoms with van der Waals surface area (Å²) in [5.41, 5.74) is 6.07. The smallest absolute Gasteiger partial charge is 0.261 e. The number of hydrogen-bond acceptors (Lipinski definition) is 3. The molecular formula is C16H25FN2O2. The van der Waals surface area contributed by atoms with E-state index in [-0.39, 0.29) is 23.3 Å². The molecule has 1 unspecified atom stereocenters. The number of carbonyl (C=O) groups excluding carboxylic acids is 1. The van der Waals surface area contributed by atoms with Gasteiger partial charge in [-0.2, -0.15) is 0 Å². The van der Waals surface area contributed by atoms with Crippen LogP contribution in [-0.2, 0) is 4.79 Å². The number of nitrogens with one attached hydrogen (secondary N) is 1. The number of amides is 1. The van der Waals surface area contributed by atoms with E-state index in [1.54, 1.807) is 13.8 Å². The fraction of sp³-hybridized carbons (Fsp3) is 0.562. The molecule has 0 fully saturated rings. The highest BCUT2D eigenvalue weighted by Gasteiger charge is 2.23. The van der Waals surface area contributed by atoms with Gasteiger partial charge in [-0.25, -0.2) is 4.39 Å². The van der Waals surface area contributed by atoms with Crippen molar-refractivity contribution in [3.8, 4) is 5.75 Å². The first kappa shape index (κ1) is 17.4. The molecule has 0 radical (unpaired) electrons. The van der Waals surface area contributed by atoms with Crippen LogP contribution in [0.1, 0.15) is 52.6 Å². The molecule has 21 heavy (non-hydrogen) atoms. The number of benzene rings is 1. The Bertz CT molecular complexity index is 501. The minimum atomic E-state index is -0.682. The molecule has 1 aromatic carbocycles. The molecule has 1 aromatic rings. The van der Waals surface area contributed by atoms with Crippen LogP contribution in [0.25, 0.3) is 0 Å². The van der Waals surface area contributed by atoms with Crippen LogP contribution in [0.4, 0.5) is 4.39 Å². The van der Waals surface area contributed by atoms with Gasteiger partial charge in [-0.3, -0.25) is 4.79 Å². The number of rotatable bonds is 6. The van der Waals surface area contributed by atoms with Crippen molar-refractivity contribution >= 4 is 5.91 Å². The van der Waals surface area contributed by atoms with Crippen molar-refractivity contribution in [3.63, 3.8) is 0 Å². The normalized spacial score (nSPS) is 14.4. The second-order valence-electron chi connectivity index (χ2n) is 5.96. The molecule has 0 bridgehead atoms. The van der Waals surface area contributed by atoms with Crippen molar-refractivity contribution in [3.05, 3.63) is 29.6 Å². The van der Waals surface area contributed by atoms with Crippen molar-refractivity contribution in [2.24, 2.45) is 5.73 Å². The third-order valence-electron chi connectivity index (χ3n) is 3.48. The highest BCUT2D eigenvalue weighted by atomic mass is 19.1. The van der Waals surface area contributed by atoms with Gasteiger partial charge in [-0.1, -0.05) is 6.92 Å². The number of hydrogen-bond donors (Lipinski definition) is 2. The molecule has 0 saturated heterocycles.